The average Bonchev–Trinajstić information content (AvgIpc) is 3.43. The Balaban J connectivity index is 1.28. The number of aromatic amines is 1. The molecule has 1 aliphatic carbocycles. The lowest BCUT2D eigenvalue weighted by Gasteiger charge is -2.42. The molecule has 1 aliphatic heterocycles. The summed E-state index contributed by atoms with van der Waals surface area (Å²) in [5.41, 5.74) is 4.19. The third-order valence-corrected chi connectivity index (χ3v) is 6.82. The molecule has 1 saturated carbocycles. The third-order valence-electron chi connectivity index (χ3n) is 6.82. The zero-order chi connectivity index (χ0) is 19.9. The second-order valence-electron chi connectivity index (χ2n) is 8.50. The maximum Gasteiger partial charge on any atom is 0.204 e. The Kier molecular flexibility index (Phi) is 4.34. The number of fused-ring (bicyclic) bond motifs is 1. The predicted octanol–water partition coefficient (Wildman–Crippen LogP) is 4.41. The van der Waals surface area contributed by atoms with Gasteiger partial charge in [-0.25, -0.2) is 0 Å². The van der Waals surface area contributed by atoms with Crippen LogP contribution in [0, 0.1) is 0 Å². The van der Waals surface area contributed by atoms with Gasteiger partial charge in [-0.1, -0.05) is 29.8 Å². The summed E-state index contributed by atoms with van der Waals surface area (Å²) in [5, 5.41) is 19.6. The molecule has 30 heavy (non-hydrogen) atoms. The van der Waals surface area contributed by atoms with Gasteiger partial charge in [0.25, 0.3) is 0 Å². The Labute approximate surface area is 174 Å². The Morgan fingerprint density at radius 3 is 2.63 bits per heavy atom. The molecule has 2 aliphatic rings. The first kappa shape index (κ1) is 17.8. The van der Waals surface area contributed by atoms with Crippen molar-refractivity contribution in [3.05, 3.63) is 48.0 Å². The molecule has 3 heterocycles. The molecule has 0 unspecified atom stereocenters. The number of tetrazole rings is 1. The summed E-state index contributed by atoms with van der Waals surface area (Å²) >= 11 is 0. The van der Waals surface area contributed by atoms with E-state index in [0.29, 0.717) is 11.7 Å². The van der Waals surface area contributed by atoms with Crippen LogP contribution < -0.4 is 0 Å². The van der Waals surface area contributed by atoms with Gasteiger partial charge < -0.3 is 9.42 Å². The van der Waals surface area contributed by atoms with Crippen molar-refractivity contribution in [3.63, 3.8) is 0 Å². The fraction of sp³-hybridized carbons (Fsp3) is 0.391. The summed E-state index contributed by atoms with van der Waals surface area (Å²) in [6, 6.07) is 15.5. The largest absolute Gasteiger partial charge is 0.355 e. The van der Waals surface area contributed by atoms with Gasteiger partial charge in [0.2, 0.25) is 5.82 Å². The van der Waals surface area contributed by atoms with E-state index >= 15 is 0 Å². The molecule has 0 amide bonds. The number of hydrogen-bond donors (Lipinski definition) is 1. The van der Waals surface area contributed by atoms with E-state index in [2.05, 4.69) is 54.9 Å². The Morgan fingerprint density at radius 2 is 1.87 bits per heavy atom. The number of H-pyrrole nitrogens is 1. The third kappa shape index (κ3) is 3.10. The topological polar surface area (TPSA) is 83.7 Å². The van der Waals surface area contributed by atoms with E-state index in [-0.39, 0.29) is 0 Å². The average molecular weight is 400 g/mol. The fourth-order valence-electron chi connectivity index (χ4n) is 4.86. The van der Waals surface area contributed by atoms with E-state index in [1.54, 1.807) is 0 Å². The van der Waals surface area contributed by atoms with Gasteiger partial charge in [0.05, 0.1) is 5.39 Å². The minimum atomic E-state index is 0.566. The Hall–Kier alpha value is -3.06. The maximum absolute atomic E-state index is 5.76. The lowest BCUT2D eigenvalue weighted by Crippen LogP contribution is -2.44. The quantitative estimate of drug-likeness (QED) is 0.546. The smallest absolute Gasteiger partial charge is 0.204 e. The summed E-state index contributed by atoms with van der Waals surface area (Å²) in [5.74, 6) is 1.98. The van der Waals surface area contributed by atoms with Gasteiger partial charge >= 0.3 is 0 Å². The summed E-state index contributed by atoms with van der Waals surface area (Å²) < 4.78 is 5.76. The first-order valence-electron chi connectivity index (χ1n) is 10.8. The van der Waals surface area contributed by atoms with Crippen LogP contribution in [-0.2, 0) is 0 Å². The number of nitrogens with zero attached hydrogens (tertiary/aromatic N) is 5. The van der Waals surface area contributed by atoms with Gasteiger partial charge in [0, 0.05) is 17.2 Å². The number of aromatic nitrogens is 5. The highest BCUT2D eigenvalue weighted by molar-refractivity contribution is 5.94. The molecule has 2 aromatic carbocycles. The van der Waals surface area contributed by atoms with Crippen molar-refractivity contribution >= 4 is 10.9 Å². The van der Waals surface area contributed by atoms with Crippen LogP contribution in [-0.4, -0.2) is 49.8 Å². The molecule has 4 aromatic rings. The van der Waals surface area contributed by atoms with E-state index < -0.39 is 0 Å². The lowest BCUT2D eigenvalue weighted by molar-refractivity contribution is 0.0975. The zero-order valence-corrected chi connectivity index (χ0v) is 16.8. The number of likely N-dealkylation sites (tertiary alicyclic amines) is 1. The van der Waals surface area contributed by atoms with Crippen LogP contribution in [0.3, 0.4) is 0 Å². The van der Waals surface area contributed by atoms with Gasteiger partial charge in [-0.15, -0.1) is 10.2 Å². The number of hydrogen-bond acceptors (Lipinski definition) is 6. The molecule has 0 radical (unpaired) electrons. The SMILES string of the molecule is c1cc(-c2onc3ccc(-c4nn[nH]n4)cc23)cc(C2CCN(C3CCC3)CC2)c1. The summed E-state index contributed by atoms with van der Waals surface area (Å²) in [7, 11) is 0. The van der Waals surface area contributed by atoms with E-state index in [0.717, 1.165) is 33.8 Å². The number of rotatable bonds is 4. The minimum Gasteiger partial charge on any atom is -0.355 e. The first-order valence-corrected chi connectivity index (χ1v) is 10.8. The summed E-state index contributed by atoms with van der Waals surface area (Å²) in [6.45, 7) is 2.44. The molecule has 0 bridgehead atoms. The second kappa shape index (κ2) is 7.32. The highest BCUT2D eigenvalue weighted by atomic mass is 16.5. The molecular formula is C23H24N6O. The van der Waals surface area contributed by atoms with Crippen LogP contribution in [0.2, 0.25) is 0 Å². The van der Waals surface area contributed by atoms with Crippen molar-refractivity contribution in [1.29, 1.82) is 0 Å². The maximum atomic E-state index is 5.76. The van der Waals surface area contributed by atoms with Crippen LogP contribution in [0.5, 0.6) is 0 Å². The van der Waals surface area contributed by atoms with Crippen LogP contribution in [0.4, 0.5) is 0 Å². The van der Waals surface area contributed by atoms with Crippen molar-refractivity contribution in [1.82, 2.24) is 30.7 Å². The van der Waals surface area contributed by atoms with Crippen molar-refractivity contribution in [2.45, 2.75) is 44.1 Å². The van der Waals surface area contributed by atoms with E-state index in [9.17, 15) is 0 Å². The zero-order valence-electron chi connectivity index (χ0n) is 16.8. The molecule has 0 spiro atoms. The van der Waals surface area contributed by atoms with Crippen molar-refractivity contribution in [2.24, 2.45) is 0 Å². The van der Waals surface area contributed by atoms with Crippen LogP contribution >= 0.6 is 0 Å². The molecule has 152 valence electrons. The van der Waals surface area contributed by atoms with Crippen molar-refractivity contribution < 1.29 is 4.52 Å². The molecule has 7 heteroatoms. The first-order chi connectivity index (χ1) is 14.8. The van der Waals surface area contributed by atoms with Gasteiger partial charge in [-0.05, 0) is 79.7 Å². The number of benzene rings is 2. The molecule has 2 aromatic heterocycles. The monoisotopic (exact) mass is 400 g/mol. The lowest BCUT2D eigenvalue weighted by atomic mass is 9.85. The standard InChI is InChI=1S/C23H24N6O/c1-3-16(15-9-11-29(12-10-15)19-5-2-6-19)13-17(4-1)22-20-14-18(23-24-27-28-25-23)7-8-21(20)26-30-22/h1,3-4,7-8,13-15,19H,2,5-6,9-12H2,(H,24,25,27,28). The highest BCUT2D eigenvalue weighted by Gasteiger charge is 2.29. The van der Waals surface area contributed by atoms with Gasteiger partial charge in [0.15, 0.2) is 5.76 Å². The number of piperidine rings is 1. The second-order valence-corrected chi connectivity index (χ2v) is 8.50. The highest BCUT2D eigenvalue weighted by Crippen LogP contribution is 2.36. The van der Waals surface area contributed by atoms with Crippen LogP contribution in [0.1, 0.15) is 43.6 Å². The molecule has 6 rings (SSSR count). The number of nitrogens with one attached hydrogen (secondary N) is 1. The van der Waals surface area contributed by atoms with E-state index in [4.69, 9.17) is 4.52 Å². The van der Waals surface area contributed by atoms with E-state index in [1.165, 1.54) is 50.8 Å². The van der Waals surface area contributed by atoms with Crippen LogP contribution in [0.15, 0.2) is 47.0 Å². The molecular weight excluding hydrogens is 376 g/mol. The summed E-state index contributed by atoms with van der Waals surface area (Å²) in [6.07, 6.45) is 6.67. The van der Waals surface area contributed by atoms with Crippen molar-refractivity contribution in [3.8, 4) is 22.7 Å². The van der Waals surface area contributed by atoms with Gasteiger partial charge in [-0.3, -0.25) is 0 Å². The molecule has 7 nitrogen and oxygen atoms in total. The normalized spacial score (nSPS) is 18.7. The predicted molar refractivity (Wildman–Crippen MR) is 114 cm³/mol. The fourth-order valence-corrected chi connectivity index (χ4v) is 4.86. The molecule has 1 N–H and O–H groups in total. The van der Waals surface area contributed by atoms with Crippen LogP contribution in [0.25, 0.3) is 33.6 Å². The molecule has 1 saturated heterocycles. The minimum absolute atomic E-state index is 0.566. The summed E-state index contributed by atoms with van der Waals surface area (Å²) in [4.78, 5) is 2.70. The van der Waals surface area contributed by atoms with Gasteiger partial charge in [0.1, 0.15) is 5.52 Å². The van der Waals surface area contributed by atoms with Crippen molar-refractivity contribution in [2.75, 3.05) is 13.1 Å². The Morgan fingerprint density at radius 1 is 0.967 bits per heavy atom. The van der Waals surface area contributed by atoms with E-state index in [1.807, 2.05) is 18.2 Å². The van der Waals surface area contributed by atoms with Gasteiger partial charge in [-0.2, -0.15) is 5.21 Å². The Bertz CT molecular complexity index is 1160. The molecule has 2 fully saturated rings. The molecule has 0 atom stereocenters.